The van der Waals surface area contributed by atoms with Crippen LogP contribution in [0.2, 0.25) is 5.02 Å². The van der Waals surface area contributed by atoms with Crippen molar-refractivity contribution in [3.05, 3.63) is 124 Å². The van der Waals surface area contributed by atoms with E-state index in [1.807, 2.05) is 36.4 Å². The number of carbonyl (C=O) groups is 3. The summed E-state index contributed by atoms with van der Waals surface area (Å²) in [6.45, 7) is 0.162. The summed E-state index contributed by atoms with van der Waals surface area (Å²) in [6.07, 6.45) is 1.60. The van der Waals surface area contributed by atoms with E-state index >= 15 is 0 Å². The van der Waals surface area contributed by atoms with Gasteiger partial charge in [0.15, 0.2) is 5.82 Å². The monoisotopic (exact) mass is 631 g/mol. The van der Waals surface area contributed by atoms with Crippen molar-refractivity contribution in [1.82, 2.24) is 4.90 Å². The number of carbonyl (C=O) groups excluding carboxylic acids is 2. The van der Waals surface area contributed by atoms with Gasteiger partial charge in [0, 0.05) is 23.3 Å². The molecule has 0 saturated heterocycles. The number of hydrogen-bond acceptors (Lipinski definition) is 7. The lowest BCUT2D eigenvalue weighted by Gasteiger charge is -2.37. The quantitative estimate of drug-likeness (QED) is 0.121. The highest BCUT2D eigenvalue weighted by Gasteiger charge is 2.37. The molecule has 1 atom stereocenters. The standard InChI is InChI=1S/C32H27ClFN5O4S/c33-25-5-2-6-27(28(25)34)37-17-26(35)31(41)39-16-15-23-22(18-9-13-21(44-36)14-10-18)3-1-4-24(23)29(39)30(40)38-20-11-7-19(8-12-20)32(42)43/h1-14,17,29,37H,15-16,35-36H2,(H,38,40)(H,42,43)/b26-17-. The molecule has 5 rings (SSSR count). The van der Waals surface area contributed by atoms with Crippen LogP contribution in [0.4, 0.5) is 15.8 Å². The summed E-state index contributed by atoms with van der Waals surface area (Å²) in [4.78, 5) is 41.1. The van der Waals surface area contributed by atoms with Crippen molar-refractivity contribution in [2.45, 2.75) is 17.4 Å². The number of carboxylic acids is 1. The van der Waals surface area contributed by atoms with Gasteiger partial charge in [-0.2, -0.15) is 0 Å². The highest BCUT2D eigenvalue weighted by molar-refractivity contribution is 7.97. The Morgan fingerprint density at radius 1 is 1.00 bits per heavy atom. The third-order valence-corrected chi connectivity index (χ3v) is 8.05. The van der Waals surface area contributed by atoms with Crippen LogP contribution in [-0.4, -0.2) is 34.3 Å². The minimum Gasteiger partial charge on any atom is -0.478 e. The highest BCUT2D eigenvalue weighted by Crippen LogP contribution is 2.37. The van der Waals surface area contributed by atoms with Gasteiger partial charge in [-0.05, 0) is 89.2 Å². The van der Waals surface area contributed by atoms with Gasteiger partial charge >= 0.3 is 5.97 Å². The fourth-order valence-electron chi connectivity index (χ4n) is 5.06. The molecule has 0 radical (unpaired) electrons. The van der Waals surface area contributed by atoms with E-state index in [4.69, 9.17) is 22.5 Å². The highest BCUT2D eigenvalue weighted by atomic mass is 35.5. The first-order chi connectivity index (χ1) is 21.2. The molecule has 1 heterocycles. The Bertz CT molecular complexity index is 1770. The largest absolute Gasteiger partial charge is 0.478 e. The maximum absolute atomic E-state index is 14.4. The second-order valence-electron chi connectivity index (χ2n) is 9.88. The van der Waals surface area contributed by atoms with Gasteiger partial charge in [-0.25, -0.2) is 9.18 Å². The fourth-order valence-corrected chi connectivity index (χ4v) is 5.53. The number of anilines is 2. The zero-order valence-electron chi connectivity index (χ0n) is 23.1. The van der Waals surface area contributed by atoms with Gasteiger partial charge in [-0.1, -0.05) is 48.0 Å². The molecule has 0 spiro atoms. The fraction of sp³-hybridized carbons (Fsp3) is 0.0938. The molecular formula is C32H27ClFN5O4S. The number of carboxylic acid groups (broad SMARTS) is 1. The molecule has 4 aromatic rings. The van der Waals surface area contributed by atoms with E-state index in [2.05, 4.69) is 10.6 Å². The Labute approximate surface area is 261 Å². The molecule has 9 nitrogen and oxygen atoms in total. The Morgan fingerprint density at radius 3 is 2.39 bits per heavy atom. The summed E-state index contributed by atoms with van der Waals surface area (Å²) in [7, 11) is 0. The third kappa shape index (κ3) is 6.40. The number of rotatable bonds is 8. The average Bonchev–Trinajstić information content (AvgIpc) is 3.04. The Balaban J connectivity index is 1.50. The SMILES string of the molecule is NSc1ccc(-c2cccc3c2CCN(C(=O)/C(N)=C/Nc2cccc(Cl)c2F)C3C(=O)Nc2ccc(C(=O)O)cc2)cc1. The predicted molar refractivity (Wildman–Crippen MR) is 169 cm³/mol. The van der Waals surface area contributed by atoms with Crippen molar-refractivity contribution in [2.75, 3.05) is 17.2 Å². The number of benzene rings is 4. The van der Waals surface area contributed by atoms with Crippen LogP contribution in [0.5, 0.6) is 0 Å². The second-order valence-corrected chi connectivity index (χ2v) is 11.0. The Morgan fingerprint density at radius 2 is 1.70 bits per heavy atom. The molecule has 2 amide bonds. The zero-order valence-corrected chi connectivity index (χ0v) is 24.7. The normalized spacial score (nSPS) is 14.5. The van der Waals surface area contributed by atoms with Crippen LogP contribution < -0.4 is 21.5 Å². The first kappa shape index (κ1) is 30.6. The van der Waals surface area contributed by atoms with E-state index in [1.165, 1.54) is 47.5 Å². The molecule has 0 saturated carbocycles. The number of aromatic carboxylic acids is 1. The first-order valence-corrected chi connectivity index (χ1v) is 14.6. The van der Waals surface area contributed by atoms with E-state index in [0.29, 0.717) is 17.7 Å². The number of fused-ring (bicyclic) bond motifs is 1. The zero-order chi connectivity index (χ0) is 31.4. The Kier molecular flexibility index (Phi) is 9.19. The molecule has 12 heteroatoms. The number of halogens is 2. The molecule has 44 heavy (non-hydrogen) atoms. The maximum atomic E-state index is 14.4. The van der Waals surface area contributed by atoms with Crippen LogP contribution in [0.1, 0.15) is 27.5 Å². The summed E-state index contributed by atoms with van der Waals surface area (Å²) >= 11 is 7.00. The molecule has 1 aliphatic rings. The van der Waals surface area contributed by atoms with E-state index in [9.17, 15) is 23.9 Å². The van der Waals surface area contributed by atoms with Crippen LogP contribution in [0.15, 0.2) is 102 Å². The molecule has 1 aliphatic heterocycles. The summed E-state index contributed by atoms with van der Waals surface area (Å²) in [5, 5.41) is 20.3. The summed E-state index contributed by atoms with van der Waals surface area (Å²) < 4.78 is 14.4. The van der Waals surface area contributed by atoms with Gasteiger partial charge in [-0.15, -0.1) is 0 Å². The van der Waals surface area contributed by atoms with E-state index < -0.39 is 29.6 Å². The lowest BCUT2D eigenvalue weighted by molar-refractivity contribution is -0.136. The van der Waals surface area contributed by atoms with Crippen LogP contribution >= 0.6 is 23.5 Å². The van der Waals surface area contributed by atoms with E-state index in [-0.39, 0.29) is 28.5 Å². The van der Waals surface area contributed by atoms with Crippen molar-refractivity contribution >= 4 is 52.7 Å². The number of amides is 2. The Hall–Kier alpha value is -4.84. The molecule has 4 aromatic carbocycles. The molecule has 0 bridgehead atoms. The van der Waals surface area contributed by atoms with Gasteiger partial charge in [0.05, 0.1) is 16.3 Å². The third-order valence-electron chi connectivity index (χ3n) is 7.21. The van der Waals surface area contributed by atoms with Crippen LogP contribution in [0.3, 0.4) is 0 Å². The second kappa shape index (κ2) is 13.2. The van der Waals surface area contributed by atoms with E-state index in [1.54, 1.807) is 12.1 Å². The minimum absolute atomic E-state index is 0.0278. The maximum Gasteiger partial charge on any atom is 0.335 e. The van der Waals surface area contributed by atoms with Crippen LogP contribution in [-0.2, 0) is 16.0 Å². The van der Waals surface area contributed by atoms with Gasteiger partial charge in [-0.3, -0.25) is 14.7 Å². The molecule has 0 fully saturated rings. The van der Waals surface area contributed by atoms with Crippen molar-refractivity contribution < 1.29 is 23.9 Å². The minimum atomic E-state index is -1.10. The lowest BCUT2D eigenvalue weighted by Crippen LogP contribution is -2.47. The molecular weight excluding hydrogens is 605 g/mol. The van der Waals surface area contributed by atoms with Gasteiger partial charge in [0.25, 0.3) is 11.8 Å². The summed E-state index contributed by atoms with van der Waals surface area (Å²) in [6, 6.07) is 22.3. The van der Waals surface area contributed by atoms with Crippen molar-refractivity contribution in [1.29, 1.82) is 0 Å². The van der Waals surface area contributed by atoms with Gasteiger partial charge in [0.1, 0.15) is 11.7 Å². The summed E-state index contributed by atoms with van der Waals surface area (Å²) in [5.74, 6) is -2.95. The predicted octanol–water partition coefficient (Wildman–Crippen LogP) is 5.79. The van der Waals surface area contributed by atoms with E-state index in [0.717, 1.165) is 33.5 Å². The van der Waals surface area contributed by atoms with Crippen molar-refractivity contribution in [2.24, 2.45) is 10.9 Å². The topological polar surface area (TPSA) is 151 Å². The molecule has 1 unspecified atom stereocenters. The number of nitrogens with two attached hydrogens (primary N) is 2. The molecule has 0 aromatic heterocycles. The van der Waals surface area contributed by atoms with Gasteiger partial charge in [0.2, 0.25) is 0 Å². The van der Waals surface area contributed by atoms with Crippen molar-refractivity contribution in [3.63, 3.8) is 0 Å². The number of nitrogens with one attached hydrogen (secondary N) is 2. The molecule has 0 aliphatic carbocycles. The smallest absolute Gasteiger partial charge is 0.335 e. The molecule has 7 N–H and O–H groups in total. The number of nitrogens with zero attached hydrogens (tertiary/aromatic N) is 1. The lowest BCUT2D eigenvalue weighted by atomic mass is 9.86. The van der Waals surface area contributed by atoms with Gasteiger partial charge < -0.3 is 26.4 Å². The van der Waals surface area contributed by atoms with Crippen molar-refractivity contribution in [3.8, 4) is 11.1 Å². The van der Waals surface area contributed by atoms with Crippen LogP contribution in [0, 0.1) is 5.82 Å². The number of hydrogen-bond donors (Lipinski definition) is 5. The van der Waals surface area contributed by atoms with Crippen LogP contribution in [0.25, 0.3) is 11.1 Å². The average molecular weight is 632 g/mol. The molecule has 224 valence electrons. The summed E-state index contributed by atoms with van der Waals surface area (Å²) in [5.41, 5.74) is 9.71. The first-order valence-electron chi connectivity index (χ1n) is 13.4.